The molecule has 134 valence electrons. The summed E-state index contributed by atoms with van der Waals surface area (Å²) in [5.41, 5.74) is 6.74. The summed E-state index contributed by atoms with van der Waals surface area (Å²) < 4.78 is 10.6. The summed E-state index contributed by atoms with van der Waals surface area (Å²) in [6, 6.07) is 28.8. The molecule has 0 aliphatic rings. The van der Waals surface area contributed by atoms with E-state index in [0.717, 1.165) is 45.1 Å². The fourth-order valence-electron chi connectivity index (χ4n) is 3.21. The van der Waals surface area contributed by atoms with Gasteiger partial charge in [-0.2, -0.15) is 0 Å². The largest absolute Gasteiger partial charge is 0.497 e. The SMILES string of the molecule is COc1ccc(-c2cc(-c3ccccc3)[nH]c2-c2ccc(OC)cc2)cc1. The molecule has 0 atom stereocenters. The van der Waals surface area contributed by atoms with Crippen molar-refractivity contribution in [2.75, 3.05) is 14.2 Å². The lowest BCUT2D eigenvalue weighted by molar-refractivity contribution is 0.414. The highest BCUT2D eigenvalue weighted by Crippen LogP contribution is 2.37. The minimum Gasteiger partial charge on any atom is -0.497 e. The topological polar surface area (TPSA) is 34.2 Å². The van der Waals surface area contributed by atoms with E-state index >= 15 is 0 Å². The van der Waals surface area contributed by atoms with Crippen LogP contribution in [0.15, 0.2) is 84.9 Å². The van der Waals surface area contributed by atoms with Crippen molar-refractivity contribution in [2.45, 2.75) is 0 Å². The Labute approximate surface area is 159 Å². The average Bonchev–Trinajstić information content (AvgIpc) is 3.20. The highest BCUT2D eigenvalue weighted by Gasteiger charge is 2.13. The van der Waals surface area contributed by atoms with Crippen molar-refractivity contribution < 1.29 is 9.47 Å². The van der Waals surface area contributed by atoms with Gasteiger partial charge in [0.1, 0.15) is 11.5 Å². The van der Waals surface area contributed by atoms with Crippen LogP contribution in [0, 0.1) is 0 Å². The summed E-state index contributed by atoms with van der Waals surface area (Å²) >= 11 is 0. The van der Waals surface area contributed by atoms with Crippen LogP contribution in [0.5, 0.6) is 11.5 Å². The van der Waals surface area contributed by atoms with Gasteiger partial charge in [-0.15, -0.1) is 0 Å². The Morgan fingerprint density at radius 3 is 1.70 bits per heavy atom. The average molecular weight is 355 g/mol. The van der Waals surface area contributed by atoms with Gasteiger partial charge < -0.3 is 14.5 Å². The molecule has 1 heterocycles. The molecule has 0 aliphatic carbocycles. The summed E-state index contributed by atoms with van der Waals surface area (Å²) in [7, 11) is 3.36. The van der Waals surface area contributed by atoms with Gasteiger partial charge in [0.05, 0.1) is 19.9 Å². The Balaban J connectivity index is 1.85. The fraction of sp³-hybridized carbons (Fsp3) is 0.0833. The smallest absolute Gasteiger partial charge is 0.118 e. The van der Waals surface area contributed by atoms with Crippen LogP contribution in [0.1, 0.15) is 0 Å². The molecule has 0 unspecified atom stereocenters. The van der Waals surface area contributed by atoms with Crippen molar-refractivity contribution >= 4 is 0 Å². The van der Waals surface area contributed by atoms with E-state index in [-0.39, 0.29) is 0 Å². The predicted octanol–water partition coefficient (Wildman–Crippen LogP) is 6.03. The molecule has 27 heavy (non-hydrogen) atoms. The van der Waals surface area contributed by atoms with Crippen LogP contribution in [0.2, 0.25) is 0 Å². The van der Waals surface area contributed by atoms with Gasteiger partial charge in [0.2, 0.25) is 0 Å². The first-order valence-electron chi connectivity index (χ1n) is 8.86. The van der Waals surface area contributed by atoms with Crippen LogP contribution in [0.25, 0.3) is 33.6 Å². The summed E-state index contributed by atoms with van der Waals surface area (Å²) in [4.78, 5) is 3.61. The van der Waals surface area contributed by atoms with Crippen LogP contribution in [-0.2, 0) is 0 Å². The zero-order valence-electron chi connectivity index (χ0n) is 15.4. The number of hydrogen-bond donors (Lipinski definition) is 1. The Hall–Kier alpha value is -3.46. The maximum Gasteiger partial charge on any atom is 0.118 e. The molecule has 0 spiro atoms. The van der Waals surface area contributed by atoms with Crippen LogP contribution < -0.4 is 9.47 Å². The quantitative estimate of drug-likeness (QED) is 0.474. The molecule has 3 nitrogen and oxygen atoms in total. The molecule has 0 aliphatic heterocycles. The van der Waals surface area contributed by atoms with Crippen LogP contribution in [-0.4, -0.2) is 19.2 Å². The number of ether oxygens (including phenoxy) is 2. The van der Waals surface area contributed by atoms with E-state index in [9.17, 15) is 0 Å². The molecular formula is C24H21NO2. The Kier molecular flexibility index (Phi) is 4.67. The predicted molar refractivity (Wildman–Crippen MR) is 110 cm³/mol. The van der Waals surface area contributed by atoms with E-state index in [1.54, 1.807) is 14.2 Å². The van der Waals surface area contributed by atoms with Crippen molar-refractivity contribution in [1.82, 2.24) is 4.98 Å². The van der Waals surface area contributed by atoms with E-state index < -0.39 is 0 Å². The van der Waals surface area contributed by atoms with Crippen LogP contribution >= 0.6 is 0 Å². The number of benzene rings is 3. The third-order valence-corrected chi connectivity index (χ3v) is 4.68. The minimum absolute atomic E-state index is 0.847. The molecule has 4 rings (SSSR count). The summed E-state index contributed by atoms with van der Waals surface area (Å²) in [5.74, 6) is 1.70. The molecule has 0 fully saturated rings. The minimum atomic E-state index is 0.847. The van der Waals surface area contributed by atoms with Gasteiger partial charge >= 0.3 is 0 Å². The standard InChI is InChI=1S/C24H21NO2/c1-26-20-12-8-17(9-13-20)22-16-23(18-6-4-3-5-7-18)25-24(22)19-10-14-21(27-2)15-11-19/h3-16,25H,1-2H3. The van der Waals surface area contributed by atoms with Gasteiger partial charge in [0.25, 0.3) is 0 Å². The molecule has 0 radical (unpaired) electrons. The van der Waals surface area contributed by atoms with Crippen molar-refractivity contribution in [3.8, 4) is 45.1 Å². The number of aromatic amines is 1. The molecule has 0 saturated carbocycles. The van der Waals surface area contributed by atoms with Gasteiger partial charge in [-0.3, -0.25) is 0 Å². The molecule has 0 bridgehead atoms. The Morgan fingerprint density at radius 1 is 0.593 bits per heavy atom. The first kappa shape index (κ1) is 17.0. The highest BCUT2D eigenvalue weighted by atomic mass is 16.5. The molecule has 0 amide bonds. The van der Waals surface area contributed by atoms with Crippen molar-refractivity contribution in [2.24, 2.45) is 0 Å². The van der Waals surface area contributed by atoms with Crippen molar-refractivity contribution in [3.63, 3.8) is 0 Å². The fourth-order valence-corrected chi connectivity index (χ4v) is 3.21. The van der Waals surface area contributed by atoms with E-state index in [0.29, 0.717) is 0 Å². The maximum absolute atomic E-state index is 5.30. The monoisotopic (exact) mass is 355 g/mol. The Bertz CT molecular complexity index is 951. The molecule has 0 saturated heterocycles. The lowest BCUT2D eigenvalue weighted by Gasteiger charge is -2.07. The van der Waals surface area contributed by atoms with Crippen LogP contribution in [0.3, 0.4) is 0 Å². The molecule has 3 aromatic carbocycles. The zero-order valence-corrected chi connectivity index (χ0v) is 15.4. The second-order valence-electron chi connectivity index (χ2n) is 6.29. The van der Waals surface area contributed by atoms with E-state index in [2.05, 4.69) is 59.6 Å². The van der Waals surface area contributed by atoms with Gasteiger partial charge in [-0.1, -0.05) is 42.5 Å². The first-order chi connectivity index (χ1) is 13.3. The first-order valence-corrected chi connectivity index (χ1v) is 8.86. The van der Waals surface area contributed by atoms with E-state index in [1.165, 1.54) is 0 Å². The normalized spacial score (nSPS) is 10.6. The van der Waals surface area contributed by atoms with Crippen molar-refractivity contribution in [1.29, 1.82) is 0 Å². The number of aromatic nitrogens is 1. The molecule has 1 aromatic heterocycles. The summed E-state index contributed by atoms with van der Waals surface area (Å²) in [6.45, 7) is 0. The lowest BCUT2D eigenvalue weighted by Crippen LogP contribution is -1.86. The van der Waals surface area contributed by atoms with Crippen molar-refractivity contribution in [3.05, 3.63) is 84.9 Å². The second kappa shape index (κ2) is 7.42. The second-order valence-corrected chi connectivity index (χ2v) is 6.29. The third kappa shape index (κ3) is 3.44. The summed E-state index contributed by atoms with van der Waals surface area (Å²) in [6.07, 6.45) is 0. The van der Waals surface area contributed by atoms with Gasteiger partial charge in [0.15, 0.2) is 0 Å². The van der Waals surface area contributed by atoms with E-state index in [4.69, 9.17) is 9.47 Å². The number of rotatable bonds is 5. The Morgan fingerprint density at radius 2 is 1.15 bits per heavy atom. The number of methoxy groups -OCH3 is 2. The molecule has 1 N–H and O–H groups in total. The molecule has 3 heteroatoms. The van der Waals surface area contributed by atoms with Crippen LogP contribution in [0.4, 0.5) is 0 Å². The molecular weight excluding hydrogens is 334 g/mol. The lowest BCUT2D eigenvalue weighted by atomic mass is 10.0. The summed E-state index contributed by atoms with van der Waals surface area (Å²) in [5, 5.41) is 0. The van der Waals surface area contributed by atoms with Gasteiger partial charge in [-0.05, 0) is 59.2 Å². The number of hydrogen-bond acceptors (Lipinski definition) is 2. The van der Waals surface area contributed by atoms with Gasteiger partial charge in [0, 0.05) is 11.3 Å². The van der Waals surface area contributed by atoms with E-state index in [1.807, 2.05) is 30.3 Å². The zero-order chi connectivity index (χ0) is 18.6. The maximum atomic E-state index is 5.30. The van der Waals surface area contributed by atoms with Gasteiger partial charge in [-0.25, -0.2) is 0 Å². The number of H-pyrrole nitrogens is 1. The third-order valence-electron chi connectivity index (χ3n) is 4.68. The molecule has 4 aromatic rings. The highest BCUT2D eigenvalue weighted by molar-refractivity contribution is 5.86. The number of nitrogens with one attached hydrogen (secondary N) is 1.